The average molecular weight is 1420 g/mol. The van der Waals surface area contributed by atoms with E-state index in [0.29, 0.717) is 34.9 Å². The zero-order chi connectivity index (χ0) is 73.1. The zero-order valence-electron chi connectivity index (χ0n) is 59.6. The molecule has 0 spiro atoms. The highest BCUT2D eigenvalue weighted by atomic mass is 32.1. The molecule has 0 aliphatic carbocycles. The van der Waals surface area contributed by atoms with Gasteiger partial charge < -0.3 is 4.42 Å². The molecule has 4 aromatic heterocycles. The first-order chi connectivity index (χ1) is 54.5. The molecule has 0 fully saturated rings. The summed E-state index contributed by atoms with van der Waals surface area (Å²) in [6.07, 6.45) is 0. The first-order valence-electron chi connectivity index (χ1n) is 36.9. The molecule has 4 heterocycles. The van der Waals surface area contributed by atoms with Gasteiger partial charge in [-0.3, -0.25) is 0 Å². The summed E-state index contributed by atoms with van der Waals surface area (Å²) in [5.41, 5.74) is 25.7. The maximum atomic E-state index is 6.86. The van der Waals surface area contributed by atoms with E-state index in [1.165, 1.54) is 59.1 Å². The van der Waals surface area contributed by atoms with Crippen LogP contribution in [0.25, 0.3) is 199 Å². The smallest absolute Gasteiger partial charge is 0.164 e. The van der Waals surface area contributed by atoms with Crippen molar-refractivity contribution in [1.29, 1.82) is 0 Å². The summed E-state index contributed by atoms with van der Waals surface area (Å²) in [6.45, 7) is 0. The standard InChI is InChI=1S/C51H33N3O.C51H33N3S/c2*1-5-15-34(16-6-1)35-27-29-39(30-28-35)50-52-49(38-21-11-4-12-22-38)53-51(54-50)41-24-13-23-40(33-41)44-32-31-43(37-19-9-3-10-20-37)47-46-42(36-17-7-2-8-18-36)25-14-26-45(46)55-48(44)47/h2*1-33H. The minimum Gasteiger partial charge on any atom is -0.455 e. The number of rotatable bonds is 14. The number of thiophene rings is 1. The molecule has 0 N–H and O–H groups in total. The minimum absolute atomic E-state index is 0.603. The number of aromatic nitrogens is 6. The fourth-order valence-corrected chi connectivity index (χ4v) is 16.3. The van der Waals surface area contributed by atoms with E-state index in [4.69, 9.17) is 34.3 Å². The first-order valence-corrected chi connectivity index (χ1v) is 37.7. The van der Waals surface area contributed by atoms with Crippen molar-refractivity contribution in [2.45, 2.75) is 0 Å². The molecular formula is C102H66N6OS. The largest absolute Gasteiger partial charge is 0.455 e. The monoisotopic (exact) mass is 1420 g/mol. The van der Waals surface area contributed by atoms with Gasteiger partial charge in [0.1, 0.15) is 11.2 Å². The molecule has 0 unspecified atom stereocenters. The Morgan fingerprint density at radius 1 is 0.173 bits per heavy atom. The highest BCUT2D eigenvalue weighted by Crippen LogP contribution is 2.50. The van der Waals surface area contributed by atoms with Crippen molar-refractivity contribution in [1.82, 2.24) is 29.9 Å². The van der Waals surface area contributed by atoms with Gasteiger partial charge in [0, 0.05) is 69.9 Å². The summed E-state index contributed by atoms with van der Waals surface area (Å²) >= 11 is 1.86. The third-order valence-electron chi connectivity index (χ3n) is 20.3. The van der Waals surface area contributed by atoms with Gasteiger partial charge >= 0.3 is 0 Å². The van der Waals surface area contributed by atoms with E-state index in [2.05, 4.69) is 328 Å². The van der Waals surface area contributed by atoms with Crippen molar-refractivity contribution in [2.75, 3.05) is 0 Å². The van der Waals surface area contributed by atoms with Crippen LogP contribution >= 0.6 is 11.3 Å². The number of furan rings is 1. The minimum atomic E-state index is 0.603. The lowest BCUT2D eigenvalue weighted by molar-refractivity contribution is 0.670. The Labute approximate surface area is 641 Å². The molecule has 20 aromatic rings. The Balaban J connectivity index is 0.000000149. The van der Waals surface area contributed by atoms with E-state index in [1.807, 2.05) is 84.1 Å². The number of fused-ring (bicyclic) bond motifs is 6. The number of hydrogen-bond acceptors (Lipinski definition) is 8. The van der Waals surface area contributed by atoms with Gasteiger partial charge in [-0.05, 0) is 114 Å². The molecular weight excluding hydrogens is 1360 g/mol. The molecule has 20 rings (SSSR count). The molecule has 16 aromatic carbocycles. The quantitative estimate of drug-likeness (QED) is 0.107. The van der Waals surface area contributed by atoms with Gasteiger partial charge in [0.05, 0.1) is 0 Å². The molecule has 0 saturated heterocycles. The van der Waals surface area contributed by atoms with E-state index in [0.717, 1.165) is 105 Å². The van der Waals surface area contributed by atoms with E-state index in [1.54, 1.807) is 0 Å². The third kappa shape index (κ3) is 13.1. The second kappa shape index (κ2) is 29.5. The van der Waals surface area contributed by atoms with Gasteiger partial charge in [0.25, 0.3) is 0 Å². The summed E-state index contributed by atoms with van der Waals surface area (Å²) in [7, 11) is 0. The van der Waals surface area contributed by atoms with Crippen molar-refractivity contribution in [3.63, 3.8) is 0 Å². The SMILES string of the molecule is c1ccc(-c2ccc(-c3nc(-c4ccccc4)nc(-c4cccc(-c5ccc(-c6ccccc6)c6c5oc5cccc(-c7ccccc7)c56)c4)n3)cc2)cc1.c1ccc(-c2ccc(-c3nc(-c4ccccc4)nc(-c4cccc(-c5ccc(-c6ccccc6)c6c5sc5cccc(-c7ccccc7)c56)c4)n3)cc2)cc1. The van der Waals surface area contributed by atoms with Crippen LogP contribution in [0.1, 0.15) is 0 Å². The summed E-state index contributed by atoms with van der Waals surface area (Å²) < 4.78 is 9.39. The van der Waals surface area contributed by atoms with Crippen LogP contribution in [0.2, 0.25) is 0 Å². The maximum absolute atomic E-state index is 6.86. The molecule has 0 radical (unpaired) electrons. The van der Waals surface area contributed by atoms with Gasteiger partial charge in [-0.1, -0.05) is 370 Å². The fraction of sp³-hybridized carbons (Fsp3) is 0. The molecule has 516 valence electrons. The average Bonchev–Trinajstić information content (AvgIpc) is 1.58. The molecule has 8 heteroatoms. The summed E-state index contributed by atoms with van der Waals surface area (Å²) in [6, 6.07) is 140. The van der Waals surface area contributed by atoms with Crippen LogP contribution in [-0.2, 0) is 0 Å². The summed E-state index contributed by atoms with van der Waals surface area (Å²) in [4.78, 5) is 30.3. The topological polar surface area (TPSA) is 90.5 Å². The highest BCUT2D eigenvalue weighted by Gasteiger charge is 2.24. The van der Waals surface area contributed by atoms with Crippen LogP contribution in [0.15, 0.2) is 405 Å². The normalized spacial score (nSPS) is 11.3. The molecule has 0 saturated carbocycles. The highest BCUT2D eigenvalue weighted by molar-refractivity contribution is 7.26. The Morgan fingerprint density at radius 2 is 0.445 bits per heavy atom. The summed E-state index contributed by atoms with van der Waals surface area (Å²) in [5.74, 6) is 3.77. The van der Waals surface area contributed by atoms with Gasteiger partial charge in [0.15, 0.2) is 34.9 Å². The Hall–Kier alpha value is -14.4. The third-order valence-corrected chi connectivity index (χ3v) is 21.5. The lowest BCUT2D eigenvalue weighted by Crippen LogP contribution is -2.00. The van der Waals surface area contributed by atoms with Crippen LogP contribution in [0, 0.1) is 0 Å². The van der Waals surface area contributed by atoms with Crippen molar-refractivity contribution >= 4 is 53.4 Å². The first kappa shape index (κ1) is 66.3. The molecule has 0 aliphatic rings. The van der Waals surface area contributed by atoms with Crippen molar-refractivity contribution in [2.24, 2.45) is 0 Å². The van der Waals surface area contributed by atoms with Crippen LogP contribution in [0.5, 0.6) is 0 Å². The zero-order valence-corrected chi connectivity index (χ0v) is 60.4. The van der Waals surface area contributed by atoms with Gasteiger partial charge in [0.2, 0.25) is 0 Å². The Bertz CT molecular complexity index is 6290. The van der Waals surface area contributed by atoms with E-state index in [9.17, 15) is 0 Å². The van der Waals surface area contributed by atoms with Gasteiger partial charge in [-0.15, -0.1) is 11.3 Å². The van der Waals surface area contributed by atoms with E-state index >= 15 is 0 Å². The Morgan fingerprint density at radius 3 is 0.864 bits per heavy atom. The second-order valence-corrected chi connectivity index (χ2v) is 28.2. The molecule has 0 atom stereocenters. The predicted molar refractivity (Wildman–Crippen MR) is 456 cm³/mol. The maximum Gasteiger partial charge on any atom is 0.164 e. The lowest BCUT2D eigenvalue weighted by atomic mass is 9.91. The number of nitrogens with zero attached hydrogens (tertiary/aromatic N) is 6. The molecule has 0 amide bonds. The van der Waals surface area contributed by atoms with Crippen LogP contribution in [0.3, 0.4) is 0 Å². The number of benzene rings is 16. The van der Waals surface area contributed by atoms with E-state index in [-0.39, 0.29) is 0 Å². The summed E-state index contributed by atoms with van der Waals surface area (Å²) in [5, 5.41) is 4.77. The Kier molecular flexibility index (Phi) is 17.8. The van der Waals surface area contributed by atoms with E-state index < -0.39 is 0 Å². The van der Waals surface area contributed by atoms with Crippen LogP contribution in [0.4, 0.5) is 0 Å². The van der Waals surface area contributed by atoms with Crippen LogP contribution < -0.4 is 0 Å². The number of hydrogen-bond donors (Lipinski definition) is 0. The molecule has 0 bridgehead atoms. The molecule has 7 nitrogen and oxygen atoms in total. The molecule has 0 aliphatic heterocycles. The lowest BCUT2D eigenvalue weighted by Gasteiger charge is -2.12. The van der Waals surface area contributed by atoms with Gasteiger partial charge in [-0.2, -0.15) is 0 Å². The van der Waals surface area contributed by atoms with Crippen molar-refractivity contribution < 1.29 is 4.42 Å². The van der Waals surface area contributed by atoms with Crippen LogP contribution in [-0.4, -0.2) is 29.9 Å². The van der Waals surface area contributed by atoms with Gasteiger partial charge in [-0.25, -0.2) is 29.9 Å². The second-order valence-electron chi connectivity index (χ2n) is 27.1. The fourth-order valence-electron chi connectivity index (χ4n) is 15.0. The van der Waals surface area contributed by atoms with Crippen molar-refractivity contribution in [3.8, 4) is 157 Å². The van der Waals surface area contributed by atoms with Crippen molar-refractivity contribution in [3.05, 3.63) is 400 Å². The predicted octanol–water partition coefficient (Wildman–Crippen LogP) is 27.3. The molecule has 110 heavy (non-hydrogen) atoms.